The lowest BCUT2D eigenvalue weighted by Gasteiger charge is -2.11. The number of carbonyl (C=O) groups excluding carboxylic acids is 1. The molecule has 0 aromatic carbocycles. The van der Waals surface area contributed by atoms with Crippen molar-refractivity contribution in [3.05, 3.63) is 24.6 Å². The summed E-state index contributed by atoms with van der Waals surface area (Å²) in [5, 5.41) is 2.60. The van der Waals surface area contributed by atoms with Crippen LogP contribution in [0, 0.1) is 5.92 Å². The minimum atomic E-state index is -0.134. The topological polar surface area (TPSA) is 41.5 Å². The van der Waals surface area contributed by atoms with Crippen LogP contribution in [-0.2, 0) is 4.79 Å². The Balaban J connectivity index is 2.41. The Kier molecular flexibility index (Phi) is 0.974. The molecule has 0 radical (unpaired) electrons. The van der Waals surface area contributed by atoms with E-state index in [1.54, 1.807) is 18.5 Å². The molecule has 0 saturated carbocycles. The van der Waals surface area contributed by atoms with Gasteiger partial charge in [-0.3, -0.25) is 9.79 Å². The van der Waals surface area contributed by atoms with Crippen molar-refractivity contribution in [2.24, 2.45) is 10.9 Å². The third-order valence-electron chi connectivity index (χ3n) is 1.58. The number of nitrogens with zero attached hydrogens (tertiary/aromatic N) is 1. The number of hydrogen-bond donors (Lipinski definition) is 1. The summed E-state index contributed by atoms with van der Waals surface area (Å²) < 4.78 is 0. The molecule has 2 aliphatic heterocycles. The van der Waals surface area contributed by atoms with E-state index in [0.29, 0.717) is 0 Å². The molecule has 3 nitrogen and oxygen atoms in total. The van der Waals surface area contributed by atoms with Crippen LogP contribution in [0.3, 0.4) is 0 Å². The summed E-state index contributed by atoms with van der Waals surface area (Å²) in [4.78, 5) is 15.0. The molecule has 2 heterocycles. The van der Waals surface area contributed by atoms with Crippen LogP contribution < -0.4 is 5.32 Å². The molecule has 0 spiro atoms. The zero-order valence-electron chi connectivity index (χ0n) is 5.24. The monoisotopic (exact) mass is 134 g/mol. The second-order valence-corrected chi connectivity index (χ2v) is 2.22. The van der Waals surface area contributed by atoms with Crippen molar-refractivity contribution in [2.75, 3.05) is 0 Å². The zero-order valence-corrected chi connectivity index (χ0v) is 5.24. The standard InChI is InChI=1S/C7H6N2O/c10-7-5-1-3-8-6(5)2-4-9-7/h1-5H,(H,9,10)/t5-/m0/s1. The number of carbonyl (C=O) groups is 1. The van der Waals surface area contributed by atoms with Gasteiger partial charge in [0.2, 0.25) is 5.91 Å². The van der Waals surface area contributed by atoms with E-state index >= 15 is 0 Å². The Hall–Kier alpha value is -1.38. The molecule has 2 rings (SSSR count). The Bertz CT molecular complexity index is 263. The maximum absolute atomic E-state index is 11.0. The van der Waals surface area contributed by atoms with Gasteiger partial charge >= 0.3 is 0 Å². The van der Waals surface area contributed by atoms with Crippen LogP contribution in [0.1, 0.15) is 0 Å². The molecule has 10 heavy (non-hydrogen) atoms. The van der Waals surface area contributed by atoms with Crippen LogP contribution in [0.25, 0.3) is 0 Å². The van der Waals surface area contributed by atoms with Crippen LogP contribution in [-0.4, -0.2) is 11.6 Å². The molecule has 1 N–H and O–H groups in total. The quantitative estimate of drug-likeness (QED) is 0.505. The number of rotatable bonds is 0. The van der Waals surface area contributed by atoms with E-state index in [1.807, 2.05) is 6.08 Å². The predicted octanol–water partition coefficient (Wildman–Crippen LogP) is 0.214. The fourth-order valence-electron chi connectivity index (χ4n) is 1.06. The van der Waals surface area contributed by atoms with E-state index in [1.165, 1.54) is 0 Å². The predicted molar refractivity (Wildman–Crippen MR) is 37.3 cm³/mol. The average molecular weight is 134 g/mol. The lowest BCUT2D eigenvalue weighted by Crippen LogP contribution is -2.32. The van der Waals surface area contributed by atoms with E-state index in [-0.39, 0.29) is 11.8 Å². The minimum Gasteiger partial charge on any atom is -0.332 e. The zero-order chi connectivity index (χ0) is 6.97. The van der Waals surface area contributed by atoms with Crippen molar-refractivity contribution in [2.45, 2.75) is 0 Å². The number of hydrogen-bond acceptors (Lipinski definition) is 2. The molecule has 0 aromatic heterocycles. The van der Waals surface area contributed by atoms with E-state index < -0.39 is 0 Å². The number of aliphatic imine (C=N–C) groups is 1. The largest absolute Gasteiger partial charge is 0.332 e. The first kappa shape index (κ1) is 5.41. The number of allylic oxidation sites excluding steroid dienone is 1. The molecule has 0 bridgehead atoms. The highest BCUT2D eigenvalue weighted by atomic mass is 16.1. The summed E-state index contributed by atoms with van der Waals surface area (Å²) in [6.07, 6.45) is 6.88. The summed E-state index contributed by atoms with van der Waals surface area (Å²) in [6.45, 7) is 0. The molecule has 2 aliphatic rings. The van der Waals surface area contributed by atoms with Crippen molar-refractivity contribution >= 4 is 11.6 Å². The molecular weight excluding hydrogens is 128 g/mol. The lowest BCUT2D eigenvalue weighted by atomic mass is 10.0. The first-order valence-corrected chi connectivity index (χ1v) is 3.09. The summed E-state index contributed by atoms with van der Waals surface area (Å²) in [7, 11) is 0. The second-order valence-electron chi connectivity index (χ2n) is 2.22. The number of nitrogens with one attached hydrogen (secondary N) is 1. The highest BCUT2D eigenvalue weighted by Gasteiger charge is 2.24. The first-order valence-electron chi connectivity index (χ1n) is 3.09. The maximum atomic E-state index is 11.0. The molecule has 1 atom stereocenters. The van der Waals surface area contributed by atoms with Gasteiger partial charge in [-0.25, -0.2) is 0 Å². The first-order chi connectivity index (χ1) is 4.88. The molecule has 1 amide bonds. The van der Waals surface area contributed by atoms with Gasteiger partial charge in [0.1, 0.15) is 5.92 Å². The van der Waals surface area contributed by atoms with Crippen LogP contribution in [0.15, 0.2) is 29.5 Å². The van der Waals surface area contributed by atoms with Crippen molar-refractivity contribution in [3.63, 3.8) is 0 Å². The SMILES string of the molecule is O=C1NC=CC2=NC=C[C@H]12. The van der Waals surface area contributed by atoms with Crippen LogP contribution >= 0.6 is 0 Å². The summed E-state index contributed by atoms with van der Waals surface area (Å²) in [5.74, 6) is -0.125. The highest BCUT2D eigenvalue weighted by Crippen LogP contribution is 2.13. The normalized spacial score (nSPS) is 27.8. The van der Waals surface area contributed by atoms with Gasteiger partial charge in [-0.05, 0) is 12.2 Å². The molecule has 0 saturated heterocycles. The number of fused-ring (bicyclic) bond motifs is 1. The van der Waals surface area contributed by atoms with E-state index in [2.05, 4.69) is 10.3 Å². The van der Waals surface area contributed by atoms with Crippen molar-refractivity contribution in [3.8, 4) is 0 Å². The maximum Gasteiger partial charge on any atom is 0.236 e. The van der Waals surface area contributed by atoms with Gasteiger partial charge < -0.3 is 5.32 Å². The van der Waals surface area contributed by atoms with Crippen molar-refractivity contribution < 1.29 is 4.79 Å². The van der Waals surface area contributed by atoms with Crippen LogP contribution in [0.2, 0.25) is 0 Å². The third-order valence-corrected chi connectivity index (χ3v) is 1.58. The van der Waals surface area contributed by atoms with Gasteiger partial charge in [0.05, 0.1) is 5.71 Å². The smallest absolute Gasteiger partial charge is 0.236 e. The van der Waals surface area contributed by atoms with Crippen molar-refractivity contribution in [1.82, 2.24) is 5.32 Å². The highest BCUT2D eigenvalue weighted by molar-refractivity contribution is 6.14. The third kappa shape index (κ3) is 0.603. The fourth-order valence-corrected chi connectivity index (χ4v) is 1.06. The van der Waals surface area contributed by atoms with E-state index in [9.17, 15) is 4.79 Å². The molecule has 0 aliphatic carbocycles. The average Bonchev–Trinajstić information content (AvgIpc) is 2.36. The molecule has 3 heteroatoms. The molecule has 0 unspecified atom stereocenters. The number of amides is 1. The van der Waals surface area contributed by atoms with Gasteiger partial charge in [-0.15, -0.1) is 0 Å². The molecular formula is C7H6N2O. The summed E-state index contributed by atoms with van der Waals surface area (Å²) in [5.41, 5.74) is 0.837. The summed E-state index contributed by atoms with van der Waals surface area (Å²) >= 11 is 0. The van der Waals surface area contributed by atoms with Crippen LogP contribution in [0.4, 0.5) is 0 Å². The van der Waals surface area contributed by atoms with E-state index in [0.717, 1.165) is 5.71 Å². The van der Waals surface area contributed by atoms with Gasteiger partial charge in [0.25, 0.3) is 0 Å². The Morgan fingerprint density at radius 2 is 2.50 bits per heavy atom. The lowest BCUT2D eigenvalue weighted by molar-refractivity contribution is -0.121. The van der Waals surface area contributed by atoms with E-state index in [4.69, 9.17) is 0 Å². The van der Waals surface area contributed by atoms with Gasteiger partial charge in [-0.1, -0.05) is 0 Å². The molecule has 50 valence electrons. The minimum absolute atomic E-state index is 0.00926. The molecule has 0 aromatic rings. The molecule has 0 fully saturated rings. The fraction of sp³-hybridized carbons (Fsp3) is 0.143. The Morgan fingerprint density at radius 1 is 1.60 bits per heavy atom. The van der Waals surface area contributed by atoms with Gasteiger partial charge in [0, 0.05) is 12.4 Å². The van der Waals surface area contributed by atoms with Gasteiger partial charge in [-0.2, -0.15) is 0 Å². The Labute approximate surface area is 58.1 Å². The van der Waals surface area contributed by atoms with Crippen LogP contribution in [0.5, 0.6) is 0 Å². The van der Waals surface area contributed by atoms with Gasteiger partial charge in [0.15, 0.2) is 0 Å². The van der Waals surface area contributed by atoms with Crippen molar-refractivity contribution in [1.29, 1.82) is 0 Å². The second kappa shape index (κ2) is 1.80. The Morgan fingerprint density at radius 3 is 3.30 bits per heavy atom. The summed E-state index contributed by atoms with van der Waals surface area (Å²) in [6, 6.07) is 0.